The summed E-state index contributed by atoms with van der Waals surface area (Å²) in [5.74, 6) is 0. The Kier molecular flexibility index (Phi) is 6.11. The van der Waals surface area contributed by atoms with E-state index in [4.69, 9.17) is 9.47 Å². The van der Waals surface area contributed by atoms with Gasteiger partial charge in [0.05, 0.1) is 12.7 Å². The molecule has 0 unspecified atom stereocenters. The second kappa shape index (κ2) is 7.13. The molecule has 19 heavy (non-hydrogen) atoms. The number of amides is 1. The van der Waals surface area contributed by atoms with Crippen LogP contribution in [0, 0.1) is 0 Å². The van der Waals surface area contributed by atoms with Crippen LogP contribution in [0.25, 0.3) is 0 Å². The lowest BCUT2D eigenvalue weighted by Gasteiger charge is -2.43. The van der Waals surface area contributed by atoms with E-state index in [9.17, 15) is 4.79 Å². The lowest BCUT2D eigenvalue weighted by Crippen LogP contribution is -2.53. The highest BCUT2D eigenvalue weighted by Gasteiger charge is 2.36. The molecule has 0 aliphatic heterocycles. The molecule has 1 saturated carbocycles. The minimum absolute atomic E-state index is 0.185. The number of hydrogen-bond donors (Lipinski definition) is 0. The Balaban J connectivity index is 2.65. The summed E-state index contributed by atoms with van der Waals surface area (Å²) >= 11 is 0. The predicted octanol–water partition coefficient (Wildman–Crippen LogP) is 3.59. The maximum Gasteiger partial charge on any atom is 0.410 e. The smallest absolute Gasteiger partial charge is 0.410 e. The summed E-state index contributed by atoms with van der Waals surface area (Å²) < 4.78 is 10.9. The molecule has 0 N–H and O–H groups in total. The van der Waals surface area contributed by atoms with E-state index in [-0.39, 0.29) is 17.7 Å². The van der Waals surface area contributed by atoms with E-state index in [0.29, 0.717) is 12.7 Å². The van der Waals surface area contributed by atoms with Crippen molar-refractivity contribution in [3.8, 4) is 0 Å². The molecule has 1 rings (SSSR count). The van der Waals surface area contributed by atoms with E-state index in [0.717, 1.165) is 32.3 Å². The maximum atomic E-state index is 12.2. The van der Waals surface area contributed by atoms with E-state index in [1.165, 1.54) is 0 Å². The summed E-state index contributed by atoms with van der Waals surface area (Å²) in [6.45, 7) is 11.3. The van der Waals surface area contributed by atoms with Gasteiger partial charge in [-0.1, -0.05) is 0 Å². The van der Waals surface area contributed by atoms with Crippen molar-refractivity contribution >= 4 is 6.09 Å². The van der Waals surface area contributed by atoms with E-state index < -0.39 is 0 Å². The summed E-state index contributed by atoms with van der Waals surface area (Å²) in [5, 5.41) is 0. The van der Waals surface area contributed by atoms with Crippen molar-refractivity contribution in [1.29, 1.82) is 0 Å². The molecule has 4 nitrogen and oxygen atoms in total. The molecule has 0 aromatic rings. The van der Waals surface area contributed by atoms with Gasteiger partial charge in [-0.05, 0) is 60.3 Å². The monoisotopic (exact) mass is 271 g/mol. The third-order valence-corrected chi connectivity index (χ3v) is 3.60. The van der Waals surface area contributed by atoms with Gasteiger partial charge in [-0.25, -0.2) is 4.79 Å². The van der Waals surface area contributed by atoms with Crippen molar-refractivity contribution in [2.75, 3.05) is 13.2 Å². The molecule has 0 radical (unpaired) electrons. The molecule has 0 bridgehead atoms. The first kappa shape index (κ1) is 16.3. The number of hydrogen-bond acceptors (Lipinski definition) is 3. The summed E-state index contributed by atoms with van der Waals surface area (Å²) in [6, 6.07) is 0.274. The third-order valence-electron chi connectivity index (χ3n) is 3.60. The fourth-order valence-electron chi connectivity index (χ4n) is 2.87. The highest BCUT2D eigenvalue weighted by molar-refractivity contribution is 5.69. The van der Waals surface area contributed by atoms with E-state index >= 15 is 0 Å². The lowest BCUT2D eigenvalue weighted by atomic mass is 9.89. The minimum Gasteiger partial charge on any atom is -0.450 e. The van der Waals surface area contributed by atoms with Gasteiger partial charge in [0.25, 0.3) is 0 Å². The first-order valence-corrected chi connectivity index (χ1v) is 7.47. The van der Waals surface area contributed by atoms with Crippen molar-refractivity contribution in [3.05, 3.63) is 0 Å². The highest BCUT2D eigenvalue weighted by Crippen LogP contribution is 2.30. The molecule has 1 fully saturated rings. The van der Waals surface area contributed by atoms with Gasteiger partial charge in [0, 0.05) is 18.2 Å². The van der Waals surface area contributed by atoms with E-state index in [1.807, 2.05) is 18.7 Å². The zero-order valence-electron chi connectivity index (χ0n) is 13.1. The van der Waals surface area contributed by atoms with E-state index in [1.54, 1.807) is 0 Å². The zero-order valence-corrected chi connectivity index (χ0v) is 13.1. The van der Waals surface area contributed by atoms with Crippen LogP contribution in [0.15, 0.2) is 0 Å². The maximum absolute atomic E-state index is 12.2. The number of carbonyl (C=O) groups is 1. The topological polar surface area (TPSA) is 38.8 Å². The van der Waals surface area contributed by atoms with Gasteiger partial charge in [0.15, 0.2) is 0 Å². The summed E-state index contributed by atoms with van der Waals surface area (Å²) in [7, 11) is 0. The number of nitrogens with zero attached hydrogens (tertiary/aromatic N) is 1. The highest BCUT2D eigenvalue weighted by atomic mass is 16.6. The van der Waals surface area contributed by atoms with Gasteiger partial charge in [-0.15, -0.1) is 0 Å². The molecule has 1 amide bonds. The van der Waals surface area contributed by atoms with Crippen LogP contribution in [-0.4, -0.2) is 41.9 Å². The Hall–Kier alpha value is -0.770. The Morgan fingerprint density at radius 2 is 1.68 bits per heavy atom. The van der Waals surface area contributed by atoms with Gasteiger partial charge in [-0.2, -0.15) is 0 Å². The van der Waals surface area contributed by atoms with Gasteiger partial charge < -0.3 is 14.4 Å². The van der Waals surface area contributed by atoms with Crippen LogP contribution < -0.4 is 0 Å². The third kappa shape index (κ3) is 4.68. The lowest BCUT2D eigenvalue weighted by molar-refractivity contribution is -0.00708. The molecule has 0 aromatic heterocycles. The Morgan fingerprint density at radius 3 is 2.11 bits per heavy atom. The first-order chi connectivity index (χ1) is 8.90. The zero-order chi connectivity index (χ0) is 14.5. The fourth-order valence-corrected chi connectivity index (χ4v) is 2.87. The van der Waals surface area contributed by atoms with Crippen molar-refractivity contribution in [1.82, 2.24) is 4.90 Å². The molecule has 0 aromatic carbocycles. The van der Waals surface area contributed by atoms with E-state index in [2.05, 4.69) is 20.8 Å². The molecule has 4 heteroatoms. The van der Waals surface area contributed by atoms with Crippen molar-refractivity contribution in [2.45, 2.75) is 78.0 Å². The molecule has 1 aliphatic carbocycles. The molecule has 0 heterocycles. The molecule has 1 aliphatic rings. The number of ether oxygens (including phenoxy) is 2. The normalized spacial score (nSPS) is 24.1. The first-order valence-electron chi connectivity index (χ1n) is 7.47. The number of rotatable bonds is 4. The van der Waals surface area contributed by atoms with Crippen molar-refractivity contribution < 1.29 is 14.3 Å². The fraction of sp³-hybridized carbons (Fsp3) is 0.933. The molecule has 0 spiro atoms. The summed E-state index contributed by atoms with van der Waals surface area (Å²) in [6.07, 6.45) is 4.25. The molecular weight excluding hydrogens is 242 g/mol. The van der Waals surface area contributed by atoms with Crippen molar-refractivity contribution in [2.24, 2.45) is 0 Å². The second-order valence-corrected chi connectivity index (χ2v) is 6.13. The summed E-state index contributed by atoms with van der Waals surface area (Å²) in [5.41, 5.74) is -0.199. The van der Waals surface area contributed by atoms with Gasteiger partial charge in [0.2, 0.25) is 0 Å². The van der Waals surface area contributed by atoms with Crippen molar-refractivity contribution in [3.63, 3.8) is 0 Å². The average molecular weight is 271 g/mol. The second-order valence-electron chi connectivity index (χ2n) is 6.13. The Morgan fingerprint density at radius 1 is 1.11 bits per heavy atom. The molecular formula is C15H29NO3. The molecule has 0 atom stereocenters. The summed E-state index contributed by atoms with van der Waals surface area (Å²) in [4.78, 5) is 14.1. The van der Waals surface area contributed by atoms with Crippen LogP contribution in [0.3, 0.4) is 0 Å². The quantitative estimate of drug-likeness (QED) is 0.784. The SMILES string of the molecule is CCOC(=O)N(C1CCC(OCC)CC1)C(C)(C)C. The minimum atomic E-state index is -0.199. The van der Waals surface area contributed by atoms with Crippen LogP contribution >= 0.6 is 0 Å². The van der Waals surface area contributed by atoms with Gasteiger partial charge >= 0.3 is 6.09 Å². The average Bonchev–Trinajstić information content (AvgIpc) is 2.30. The van der Waals surface area contributed by atoms with Crippen LogP contribution in [0.2, 0.25) is 0 Å². The number of carbonyl (C=O) groups excluding carboxylic acids is 1. The van der Waals surface area contributed by atoms with Gasteiger partial charge in [-0.3, -0.25) is 0 Å². The van der Waals surface area contributed by atoms with Crippen LogP contribution in [-0.2, 0) is 9.47 Å². The standard InChI is InChI=1S/C15H29NO3/c1-6-18-13-10-8-12(9-11-13)16(15(3,4)5)14(17)19-7-2/h12-13H,6-11H2,1-5H3. The van der Waals surface area contributed by atoms with Gasteiger partial charge in [0.1, 0.15) is 0 Å². The molecule has 112 valence electrons. The Labute approximate surface area is 117 Å². The van der Waals surface area contributed by atoms with Crippen LogP contribution in [0.1, 0.15) is 60.3 Å². The Bertz CT molecular complexity index is 278. The van der Waals surface area contributed by atoms with Crippen LogP contribution in [0.4, 0.5) is 4.79 Å². The largest absolute Gasteiger partial charge is 0.450 e. The molecule has 0 saturated heterocycles. The van der Waals surface area contributed by atoms with Crippen LogP contribution in [0.5, 0.6) is 0 Å². The predicted molar refractivity (Wildman–Crippen MR) is 76.3 cm³/mol.